The SMILES string of the molecule is CN(CC(=O)N1CCOCC1C1CC1)Cc1ncc(Cl)n1C. The number of imidazole rings is 1. The molecule has 1 saturated carbocycles. The van der Waals surface area contributed by atoms with Crippen LogP contribution in [0.5, 0.6) is 0 Å². The van der Waals surface area contributed by atoms with E-state index in [0.29, 0.717) is 43.9 Å². The molecule has 22 heavy (non-hydrogen) atoms. The van der Waals surface area contributed by atoms with Gasteiger partial charge in [-0.3, -0.25) is 9.69 Å². The molecular formula is C15H23ClN4O2. The van der Waals surface area contributed by atoms with Crippen molar-refractivity contribution in [3.8, 4) is 0 Å². The van der Waals surface area contributed by atoms with Crippen LogP contribution in [0.15, 0.2) is 6.20 Å². The molecule has 0 spiro atoms. The molecule has 7 heteroatoms. The van der Waals surface area contributed by atoms with E-state index >= 15 is 0 Å². The normalized spacial score (nSPS) is 22.4. The van der Waals surface area contributed by atoms with E-state index in [1.54, 1.807) is 6.20 Å². The molecule has 1 unspecified atom stereocenters. The Morgan fingerprint density at radius 2 is 2.32 bits per heavy atom. The van der Waals surface area contributed by atoms with Crippen LogP contribution < -0.4 is 0 Å². The van der Waals surface area contributed by atoms with Gasteiger partial charge in [0.25, 0.3) is 0 Å². The van der Waals surface area contributed by atoms with Crippen LogP contribution in [0.3, 0.4) is 0 Å². The molecule has 122 valence electrons. The highest BCUT2D eigenvalue weighted by Crippen LogP contribution is 2.36. The minimum absolute atomic E-state index is 0.183. The van der Waals surface area contributed by atoms with Crippen LogP contribution in [0.1, 0.15) is 18.7 Å². The van der Waals surface area contributed by atoms with Gasteiger partial charge in [-0.15, -0.1) is 0 Å². The lowest BCUT2D eigenvalue weighted by Crippen LogP contribution is -2.52. The summed E-state index contributed by atoms with van der Waals surface area (Å²) in [4.78, 5) is 20.9. The molecule has 0 bridgehead atoms. The molecule has 0 N–H and O–H groups in total. The van der Waals surface area contributed by atoms with Crippen molar-refractivity contribution in [3.05, 3.63) is 17.2 Å². The minimum Gasteiger partial charge on any atom is -0.377 e. The van der Waals surface area contributed by atoms with Crippen molar-refractivity contribution in [1.82, 2.24) is 19.4 Å². The third-order valence-corrected chi connectivity index (χ3v) is 4.85. The molecule has 2 aliphatic rings. The maximum atomic E-state index is 12.6. The first kappa shape index (κ1) is 15.8. The Balaban J connectivity index is 1.57. The van der Waals surface area contributed by atoms with Gasteiger partial charge in [0.05, 0.1) is 38.5 Å². The van der Waals surface area contributed by atoms with Crippen LogP contribution >= 0.6 is 11.6 Å². The average Bonchev–Trinajstić information content (AvgIpc) is 3.30. The number of carbonyl (C=O) groups is 1. The molecule has 1 saturated heterocycles. The van der Waals surface area contributed by atoms with Crippen molar-refractivity contribution >= 4 is 17.5 Å². The monoisotopic (exact) mass is 326 g/mol. The van der Waals surface area contributed by atoms with E-state index < -0.39 is 0 Å². The molecule has 0 radical (unpaired) electrons. The molecule has 1 amide bonds. The van der Waals surface area contributed by atoms with E-state index in [2.05, 4.69) is 4.98 Å². The van der Waals surface area contributed by atoms with Gasteiger partial charge in [0, 0.05) is 13.6 Å². The Morgan fingerprint density at radius 3 is 2.95 bits per heavy atom. The molecule has 0 aromatic carbocycles. The number of nitrogens with zero attached hydrogens (tertiary/aromatic N) is 4. The van der Waals surface area contributed by atoms with Gasteiger partial charge in [-0.2, -0.15) is 0 Å². The fraction of sp³-hybridized carbons (Fsp3) is 0.733. The van der Waals surface area contributed by atoms with Gasteiger partial charge < -0.3 is 14.2 Å². The summed E-state index contributed by atoms with van der Waals surface area (Å²) in [5, 5.41) is 0.608. The third kappa shape index (κ3) is 3.45. The molecule has 3 rings (SSSR count). The summed E-state index contributed by atoms with van der Waals surface area (Å²) >= 11 is 5.99. The van der Waals surface area contributed by atoms with Gasteiger partial charge in [0.1, 0.15) is 11.0 Å². The van der Waals surface area contributed by atoms with Gasteiger partial charge in [-0.1, -0.05) is 11.6 Å². The summed E-state index contributed by atoms with van der Waals surface area (Å²) < 4.78 is 7.38. The molecule has 6 nitrogen and oxygen atoms in total. The maximum absolute atomic E-state index is 12.6. The first-order chi connectivity index (χ1) is 10.6. The fourth-order valence-electron chi connectivity index (χ4n) is 2.99. The van der Waals surface area contributed by atoms with Crippen LogP contribution in [0.2, 0.25) is 5.15 Å². The number of hydrogen-bond acceptors (Lipinski definition) is 4. The highest BCUT2D eigenvalue weighted by atomic mass is 35.5. The van der Waals surface area contributed by atoms with E-state index in [1.807, 2.05) is 28.5 Å². The van der Waals surface area contributed by atoms with Crippen LogP contribution in [-0.4, -0.2) is 64.7 Å². The lowest BCUT2D eigenvalue weighted by Gasteiger charge is -2.36. The molecule has 2 fully saturated rings. The standard InChI is InChI=1S/C15H23ClN4O2/c1-18(8-14-17-7-13(16)19(14)2)9-15(21)20-5-6-22-10-12(20)11-3-4-11/h7,11-12H,3-6,8-10H2,1-2H3. The summed E-state index contributed by atoms with van der Waals surface area (Å²) in [6.07, 6.45) is 4.08. The number of ether oxygens (including phenoxy) is 1. The van der Waals surface area contributed by atoms with Crippen molar-refractivity contribution in [1.29, 1.82) is 0 Å². The maximum Gasteiger partial charge on any atom is 0.237 e. The molecule has 1 aliphatic heterocycles. The van der Waals surface area contributed by atoms with Gasteiger partial charge in [-0.25, -0.2) is 4.98 Å². The molecule has 1 aromatic rings. The Hall–Kier alpha value is -1.11. The summed E-state index contributed by atoms with van der Waals surface area (Å²) in [6.45, 7) is 3.05. The van der Waals surface area contributed by atoms with Crippen LogP contribution in [0, 0.1) is 5.92 Å². The van der Waals surface area contributed by atoms with Gasteiger partial charge in [0.2, 0.25) is 5.91 Å². The third-order valence-electron chi connectivity index (χ3n) is 4.50. The number of amides is 1. The Morgan fingerprint density at radius 1 is 1.55 bits per heavy atom. The average molecular weight is 327 g/mol. The summed E-state index contributed by atoms with van der Waals surface area (Å²) in [7, 11) is 3.82. The van der Waals surface area contributed by atoms with Crippen LogP contribution in [-0.2, 0) is 23.1 Å². The number of hydrogen-bond donors (Lipinski definition) is 0. The fourth-order valence-corrected chi connectivity index (χ4v) is 3.14. The van der Waals surface area contributed by atoms with E-state index in [9.17, 15) is 4.79 Å². The smallest absolute Gasteiger partial charge is 0.237 e. The minimum atomic E-state index is 0.183. The molecule has 1 atom stereocenters. The highest BCUT2D eigenvalue weighted by Gasteiger charge is 2.39. The van der Waals surface area contributed by atoms with E-state index in [0.717, 1.165) is 5.82 Å². The lowest BCUT2D eigenvalue weighted by atomic mass is 10.1. The summed E-state index contributed by atoms with van der Waals surface area (Å²) in [5.74, 6) is 1.69. The van der Waals surface area contributed by atoms with Crippen molar-refractivity contribution < 1.29 is 9.53 Å². The van der Waals surface area contributed by atoms with Gasteiger partial charge in [0.15, 0.2) is 0 Å². The van der Waals surface area contributed by atoms with Crippen molar-refractivity contribution in [2.75, 3.05) is 33.4 Å². The molecule has 1 aromatic heterocycles. The summed E-state index contributed by atoms with van der Waals surface area (Å²) in [5.41, 5.74) is 0. The molecule has 2 heterocycles. The molecular weight excluding hydrogens is 304 g/mol. The predicted octanol–water partition coefficient (Wildman–Crippen LogP) is 1.14. The van der Waals surface area contributed by atoms with Gasteiger partial charge in [-0.05, 0) is 25.8 Å². The van der Waals surface area contributed by atoms with Crippen molar-refractivity contribution in [2.24, 2.45) is 13.0 Å². The first-order valence-electron chi connectivity index (χ1n) is 7.78. The number of morpholine rings is 1. The zero-order valence-corrected chi connectivity index (χ0v) is 13.9. The Bertz CT molecular complexity index is 544. The number of likely N-dealkylation sites (N-methyl/N-ethyl adjacent to an activating group) is 1. The van der Waals surface area contributed by atoms with Crippen molar-refractivity contribution in [2.45, 2.75) is 25.4 Å². The van der Waals surface area contributed by atoms with Gasteiger partial charge >= 0.3 is 0 Å². The number of rotatable bonds is 5. The zero-order chi connectivity index (χ0) is 15.7. The first-order valence-corrected chi connectivity index (χ1v) is 8.16. The van der Waals surface area contributed by atoms with E-state index in [-0.39, 0.29) is 11.9 Å². The Labute approximate surface area is 136 Å². The second kappa shape index (κ2) is 6.56. The second-order valence-corrected chi connectivity index (χ2v) is 6.68. The predicted molar refractivity (Wildman–Crippen MR) is 83.6 cm³/mol. The Kier molecular flexibility index (Phi) is 4.70. The highest BCUT2D eigenvalue weighted by molar-refractivity contribution is 6.29. The topological polar surface area (TPSA) is 50.6 Å². The van der Waals surface area contributed by atoms with E-state index in [4.69, 9.17) is 16.3 Å². The van der Waals surface area contributed by atoms with Crippen LogP contribution in [0.25, 0.3) is 0 Å². The summed E-state index contributed by atoms with van der Waals surface area (Å²) in [6, 6.07) is 0.275. The number of aromatic nitrogens is 2. The van der Waals surface area contributed by atoms with Crippen molar-refractivity contribution in [3.63, 3.8) is 0 Å². The van der Waals surface area contributed by atoms with Crippen LogP contribution in [0.4, 0.5) is 0 Å². The lowest BCUT2D eigenvalue weighted by molar-refractivity contribution is -0.141. The number of halogens is 1. The largest absolute Gasteiger partial charge is 0.377 e. The quantitative estimate of drug-likeness (QED) is 0.814. The zero-order valence-electron chi connectivity index (χ0n) is 13.2. The van der Waals surface area contributed by atoms with E-state index in [1.165, 1.54) is 12.8 Å². The second-order valence-electron chi connectivity index (χ2n) is 6.30. The number of carbonyl (C=O) groups excluding carboxylic acids is 1. The molecule has 1 aliphatic carbocycles.